The Morgan fingerprint density at radius 3 is 1.97 bits per heavy atom. The van der Waals surface area contributed by atoms with E-state index >= 15 is 0 Å². The molecule has 2 heterocycles. The summed E-state index contributed by atoms with van der Waals surface area (Å²) < 4.78 is 0. The SMILES string of the molecule is CC(=O)C1(c2ccccc2)CCN(C(C)C(=O)N2CCN(Cc3ccccc3)CC2)CC1. The largest absolute Gasteiger partial charge is 0.339 e. The molecule has 5 nitrogen and oxygen atoms in total. The van der Waals surface area contributed by atoms with Gasteiger partial charge >= 0.3 is 0 Å². The third-order valence-corrected chi connectivity index (χ3v) is 7.49. The zero-order chi connectivity index (χ0) is 22.6. The Kier molecular flexibility index (Phi) is 7.07. The average molecular weight is 434 g/mol. The van der Waals surface area contributed by atoms with E-state index in [2.05, 4.69) is 46.2 Å². The number of rotatable bonds is 6. The number of nitrogens with zero attached hydrogens (tertiary/aromatic N) is 3. The van der Waals surface area contributed by atoms with Gasteiger partial charge in [-0.1, -0.05) is 60.7 Å². The molecule has 170 valence electrons. The Morgan fingerprint density at radius 2 is 1.41 bits per heavy atom. The molecule has 0 aliphatic carbocycles. The molecule has 0 saturated carbocycles. The number of benzene rings is 2. The first kappa shape index (κ1) is 22.7. The lowest BCUT2D eigenvalue weighted by molar-refractivity contribution is -0.139. The average Bonchev–Trinajstić information content (AvgIpc) is 2.85. The number of carbonyl (C=O) groups is 2. The predicted octanol–water partition coefficient (Wildman–Crippen LogP) is 3.34. The smallest absolute Gasteiger partial charge is 0.239 e. The molecule has 1 atom stereocenters. The second-order valence-electron chi connectivity index (χ2n) is 9.30. The van der Waals surface area contributed by atoms with E-state index < -0.39 is 5.41 Å². The summed E-state index contributed by atoms with van der Waals surface area (Å²) in [5, 5.41) is 0. The number of Topliss-reactive ketones (excluding diaryl/α,β-unsaturated/α-hetero) is 1. The molecule has 32 heavy (non-hydrogen) atoms. The monoisotopic (exact) mass is 433 g/mol. The molecule has 0 radical (unpaired) electrons. The first-order valence-corrected chi connectivity index (χ1v) is 11.9. The van der Waals surface area contributed by atoms with Gasteiger partial charge in [0, 0.05) is 45.8 Å². The third-order valence-electron chi connectivity index (χ3n) is 7.49. The minimum Gasteiger partial charge on any atom is -0.339 e. The van der Waals surface area contributed by atoms with Gasteiger partial charge in [0.2, 0.25) is 5.91 Å². The van der Waals surface area contributed by atoms with Crippen molar-refractivity contribution in [3.63, 3.8) is 0 Å². The van der Waals surface area contributed by atoms with E-state index in [4.69, 9.17) is 0 Å². The van der Waals surface area contributed by atoms with Crippen LogP contribution < -0.4 is 0 Å². The Morgan fingerprint density at radius 1 is 0.844 bits per heavy atom. The zero-order valence-electron chi connectivity index (χ0n) is 19.4. The summed E-state index contributed by atoms with van der Waals surface area (Å²) in [6.45, 7) is 9.62. The molecule has 2 saturated heterocycles. The summed E-state index contributed by atoms with van der Waals surface area (Å²) in [5.41, 5.74) is 2.02. The second-order valence-corrected chi connectivity index (χ2v) is 9.30. The van der Waals surface area contributed by atoms with Crippen LogP contribution in [0.25, 0.3) is 0 Å². The third kappa shape index (κ3) is 4.79. The van der Waals surface area contributed by atoms with Crippen LogP contribution in [0.1, 0.15) is 37.8 Å². The van der Waals surface area contributed by atoms with E-state index in [1.54, 1.807) is 6.92 Å². The molecule has 5 heteroatoms. The lowest BCUT2D eigenvalue weighted by atomic mass is 9.70. The number of amides is 1. The number of likely N-dealkylation sites (tertiary alicyclic amines) is 1. The molecular weight excluding hydrogens is 398 g/mol. The molecule has 2 aliphatic rings. The highest BCUT2D eigenvalue weighted by molar-refractivity contribution is 5.88. The minimum absolute atomic E-state index is 0.142. The summed E-state index contributed by atoms with van der Waals surface area (Å²) in [6.07, 6.45) is 1.55. The van der Waals surface area contributed by atoms with Crippen LogP contribution in [-0.4, -0.2) is 71.7 Å². The molecule has 4 rings (SSSR count). The Bertz CT molecular complexity index is 899. The quantitative estimate of drug-likeness (QED) is 0.701. The summed E-state index contributed by atoms with van der Waals surface area (Å²) in [5.74, 6) is 0.455. The molecule has 2 aromatic carbocycles. The van der Waals surface area contributed by atoms with Crippen LogP contribution in [0, 0.1) is 0 Å². The fraction of sp³-hybridized carbons (Fsp3) is 0.481. The highest BCUT2D eigenvalue weighted by Gasteiger charge is 2.42. The Balaban J connectivity index is 1.31. The van der Waals surface area contributed by atoms with Gasteiger partial charge in [0.1, 0.15) is 5.78 Å². The van der Waals surface area contributed by atoms with E-state index in [1.165, 1.54) is 5.56 Å². The van der Waals surface area contributed by atoms with Gasteiger partial charge in [-0.05, 0) is 37.8 Å². The van der Waals surface area contributed by atoms with Crippen molar-refractivity contribution >= 4 is 11.7 Å². The van der Waals surface area contributed by atoms with Gasteiger partial charge in [-0.2, -0.15) is 0 Å². The topological polar surface area (TPSA) is 43.9 Å². The van der Waals surface area contributed by atoms with Crippen molar-refractivity contribution in [2.45, 2.75) is 44.7 Å². The number of carbonyl (C=O) groups excluding carboxylic acids is 2. The normalized spacial score (nSPS) is 20.6. The zero-order valence-corrected chi connectivity index (χ0v) is 19.4. The number of piperidine rings is 1. The Hall–Kier alpha value is -2.50. The van der Waals surface area contributed by atoms with Gasteiger partial charge in [-0.25, -0.2) is 0 Å². The summed E-state index contributed by atoms with van der Waals surface area (Å²) in [7, 11) is 0. The first-order valence-electron chi connectivity index (χ1n) is 11.9. The van der Waals surface area contributed by atoms with E-state index in [0.717, 1.165) is 64.2 Å². The minimum atomic E-state index is -0.413. The van der Waals surface area contributed by atoms with Crippen molar-refractivity contribution in [2.24, 2.45) is 0 Å². The molecule has 0 bridgehead atoms. The number of piperazine rings is 1. The molecule has 0 aromatic heterocycles. The lowest BCUT2D eigenvalue weighted by Gasteiger charge is -2.44. The second kappa shape index (κ2) is 9.97. The summed E-state index contributed by atoms with van der Waals surface area (Å²) >= 11 is 0. The van der Waals surface area contributed by atoms with E-state index in [9.17, 15) is 9.59 Å². The predicted molar refractivity (Wildman–Crippen MR) is 127 cm³/mol. The maximum absolute atomic E-state index is 13.2. The lowest BCUT2D eigenvalue weighted by Crippen LogP contribution is -2.56. The fourth-order valence-electron chi connectivity index (χ4n) is 5.28. The van der Waals surface area contributed by atoms with Crippen molar-refractivity contribution in [3.05, 3.63) is 71.8 Å². The van der Waals surface area contributed by atoms with Crippen LogP contribution in [0.3, 0.4) is 0 Å². The summed E-state index contributed by atoms with van der Waals surface area (Å²) in [4.78, 5) is 32.6. The molecule has 2 aromatic rings. The van der Waals surface area contributed by atoms with Crippen LogP contribution in [0.4, 0.5) is 0 Å². The summed E-state index contributed by atoms with van der Waals surface area (Å²) in [6, 6.07) is 20.5. The molecule has 2 fully saturated rings. The van der Waals surface area contributed by atoms with Crippen LogP contribution >= 0.6 is 0 Å². The van der Waals surface area contributed by atoms with Crippen molar-refractivity contribution in [1.29, 1.82) is 0 Å². The van der Waals surface area contributed by atoms with Crippen molar-refractivity contribution in [1.82, 2.24) is 14.7 Å². The Labute approximate surface area is 192 Å². The highest BCUT2D eigenvalue weighted by Crippen LogP contribution is 2.37. The molecule has 1 unspecified atom stereocenters. The number of ketones is 1. The van der Waals surface area contributed by atoms with Crippen molar-refractivity contribution in [2.75, 3.05) is 39.3 Å². The van der Waals surface area contributed by atoms with Crippen LogP contribution in [0.5, 0.6) is 0 Å². The molecule has 2 aliphatic heterocycles. The van der Waals surface area contributed by atoms with Gasteiger partial charge in [0.25, 0.3) is 0 Å². The first-order chi connectivity index (χ1) is 15.5. The number of hydrogen-bond acceptors (Lipinski definition) is 4. The van der Waals surface area contributed by atoms with Gasteiger partial charge in [-0.3, -0.25) is 19.4 Å². The maximum Gasteiger partial charge on any atom is 0.239 e. The standard InChI is InChI=1S/C27H35N3O2/c1-22(26(32)30-19-17-28(18-20-30)21-24-9-5-3-6-10-24)29-15-13-27(14-16-29,23(2)31)25-11-7-4-8-12-25/h3-12,22H,13-21H2,1-2H3. The maximum atomic E-state index is 13.2. The number of hydrogen-bond donors (Lipinski definition) is 0. The molecule has 1 amide bonds. The van der Waals surface area contributed by atoms with Gasteiger partial charge < -0.3 is 4.90 Å². The van der Waals surface area contributed by atoms with Gasteiger partial charge in [0.15, 0.2) is 0 Å². The highest BCUT2D eigenvalue weighted by atomic mass is 16.2. The van der Waals surface area contributed by atoms with E-state index in [0.29, 0.717) is 0 Å². The van der Waals surface area contributed by atoms with Crippen LogP contribution in [-0.2, 0) is 21.5 Å². The molecule has 0 spiro atoms. The van der Waals surface area contributed by atoms with Crippen LogP contribution in [0.15, 0.2) is 60.7 Å². The fourth-order valence-corrected chi connectivity index (χ4v) is 5.28. The van der Waals surface area contributed by atoms with Gasteiger partial charge in [0.05, 0.1) is 11.5 Å². The molecule has 0 N–H and O–H groups in total. The van der Waals surface area contributed by atoms with E-state index in [1.807, 2.05) is 36.1 Å². The van der Waals surface area contributed by atoms with E-state index in [-0.39, 0.29) is 17.7 Å². The van der Waals surface area contributed by atoms with Gasteiger partial charge in [-0.15, -0.1) is 0 Å². The van der Waals surface area contributed by atoms with Crippen molar-refractivity contribution < 1.29 is 9.59 Å². The molecular formula is C27H35N3O2. The van der Waals surface area contributed by atoms with Crippen LogP contribution in [0.2, 0.25) is 0 Å². The van der Waals surface area contributed by atoms with Crippen molar-refractivity contribution in [3.8, 4) is 0 Å².